The lowest BCUT2D eigenvalue weighted by Crippen LogP contribution is -2.30. The number of benzene rings is 2. The predicted molar refractivity (Wildman–Crippen MR) is 106 cm³/mol. The highest BCUT2D eigenvalue weighted by molar-refractivity contribution is 5.97. The van der Waals surface area contributed by atoms with Crippen molar-refractivity contribution in [3.05, 3.63) is 81.8 Å². The number of anilines is 1. The van der Waals surface area contributed by atoms with Crippen molar-refractivity contribution in [3.8, 4) is 5.69 Å². The Kier molecular flexibility index (Phi) is 5.63. The van der Waals surface area contributed by atoms with E-state index in [-0.39, 0.29) is 16.9 Å². The van der Waals surface area contributed by atoms with Crippen LogP contribution < -0.4 is 11.0 Å². The molecular weight excluding hydrogens is 377 g/mol. The number of aromatic nitrogens is 2. The lowest BCUT2D eigenvalue weighted by molar-refractivity contribution is -0.123. The second-order valence-corrected chi connectivity index (χ2v) is 6.62. The molecule has 0 radical (unpaired) electrons. The van der Waals surface area contributed by atoms with Gasteiger partial charge in [-0.2, -0.15) is 0 Å². The van der Waals surface area contributed by atoms with Crippen LogP contribution in [0.4, 0.5) is 10.1 Å². The van der Waals surface area contributed by atoms with E-state index in [1.807, 2.05) is 0 Å². The quantitative estimate of drug-likeness (QED) is 0.647. The maximum Gasteiger partial charge on any atom is 0.338 e. The molecule has 2 aromatic carbocycles. The number of ether oxygens (including phenoxy) is 1. The summed E-state index contributed by atoms with van der Waals surface area (Å²) in [5, 5.41) is 2.51. The zero-order valence-electron chi connectivity index (χ0n) is 16.2. The minimum absolute atomic E-state index is 0.232. The lowest BCUT2D eigenvalue weighted by atomic mass is 10.2. The number of imidazole rings is 1. The summed E-state index contributed by atoms with van der Waals surface area (Å²) in [6.45, 7) is 4.82. The zero-order valence-corrected chi connectivity index (χ0v) is 16.2. The Morgan fingerprint density at radius 1 is 1.14 bits per heavy atom. The highest BCUT2D eigenvalue weighted by Crippen LogP contribution is 2.15. The molecule has 29 heavy (non-hydrogen) atoms. The molecule has 150 valence electrons. The molecule has 1 unspecified atom stereocenters. The van der Waals surface area contributed by atoms with Gasteiger partial charge in [0.15, 0.2) is 6.10 Å². The molecule has 1 aromatic heterocycles. The lowest BCUT2D eigenvalue weighted by Gasteiger charge is -2.14. The molecule has 1 heterocycles. The van der Waals surface area contributed by atoms with Crippen molar-refractivity contribution in [3.63, 3.8) is 0 Å². The molecule has 0 aliphatic heterocycles. The first kappa shape index (κ1) is 20.1. The number of nitrogens with zero attached hydrogens (tertiary/aromatic N) is 1. The van der Waals surface area contributed by atoms with Gasteiger partial charge in [0.2, 0.25) is 0 Å². The van der Waals surface area contributed by atoms with E-state index in [0.717, 1.165) is 5.69 Å². The van der Waals surface area contributed by atoms with Gasteiger partial charge in [-0.1, -0.05) is 6.07 Å². The first-order valence-corrected chi connectivity index (χ1v) is 8.91. The van der Waals surface area contributed by atoms with Crippen LogP contribution >= 0.6 is 0 Å². The fourth-order valence-electron chi connectivity index (χ4n) is 2.72. The van der Waals surface area contributed by atoms with Gasteiger partial charge in [0, 0.05) is 17.6 Å². The Balaban J connectivity index is 1.65. The number of nitrogens with one attached hydrogen (secondary N) is 2. The Labute approximate surface area is 166 Å². The van der Waals surface area contributed by atoms with Crippen LogP contribution in [0.2, 0.25) is 0 Å². The second-order valence-electron chi connectivity index (χ2n) is 6.62. The van der Waals surface area contributed by atoms with Crippen LogP contribution in [-0.2, 0) is 9.53 Å². The molecule has 8 heteroatoms. The van der Waals surface area contributed by atoms with Crippen LogP contribution in [0.3, 0.4) is 0 Å². The monoisotopic (exact) mass is 397 g/mol. The number of carbonyl (C=O) groups is 2. The number of carbonyl (C=O) groups excluding carboxylic acids is 2. The SMILES string of the molecule is Cc1ccc(NC(=O)C(C)OC(=O)c2ccc(-n3c(C)c[nH]c3=O)cc2)cc1F. The molecule has 3 rings (SSSR count). The number of amides is 1. The molecule has 0 saturated carbocycles. The summed E-state index contributed by atoms with van der Waals surface area (Å²) in [6.07, 6.45) is 0.506. The van der Waals surface area contributed by atoms with Crippen molar-refractivity contribution in [1.29, 1.82) is 0 Å². The van der Waals surface area contributed by atoms with Crippen LogP contribution in [-0.4, -0.2) is 27.5 Å². The molecule has 0 spiro atoms. The van der Waals surface area contributed by atoms with E-state index in [1.165, 1.54) is 29.7 Å². The molecule has 1 atom stereocenters. The van der Waals surface area contributed by atoms with Crippen molar-refractivity contribution < 1.29 is 18.7 Å². The van der Waals surface area contributed by atoms with Gasteiger partial charge in [-0.05, 0) is 62.7 Å². The van der Waals surface area contributed by atoms with E-state index in [0.29, 0.717) is 11.3 Å². The van der Waals surface area contributed by atoms with Crippen molar-refractivity contribution in [2.75, 3.05) is 5.32 Å². The van der Waals surface area contributed by atoms with Crippen LogP contribution in [0, 0.1) is 19.7 Å². The maximum absolute atomic E-state index is 13.6. The highest BCUT2D eigenvalue weighted by atomic mass is 19.1. The third kappa shape index (κ3) is 4.43. The smallest absolute Gasteiger partial charge is 0.338 e. The number of aryl methyl sites for hydroxylation is 2. The van der Waals surface area contributed by atoms with Gasteiger partial charge in [0.1, 0.15) is 5.82 Å². The summed E-state index contributed by atoms with van der Waals surface area (Å²) in [6, 6.07) is 10.5. The summed E-state index contributed by atoms with van der Waals surface area (Å²) in [5.41, 5.74) is 2.01. The molecule has 2 N–H and O–H groups in total. The van der Waals surface area contributed by atoms with E-state index < -0.39 is 23.8 Å². The first-order chi connectivity index (χ1) is 13.8. The van der Waals surface area contributed by atoms with E-state index in [9.17, 15) is 18.8 Å². The third-order valence-corrected chi connectivity index (χ3v) is 4.41. The Morgan fingerprint density at radius 3 is 2.41 bits per heavy atom. The van der Waals surface area contributed by atoms with Crippen LogP contribution in [0.15, 0.2) is 53.5 Å². The summed E-state index contributed by atoms with van der Waals surface area (Å²) in [4.78, 5) is 38.9. The minimum Gasteiger partial charge on any atom is -0.449 e. The molecule has 0 bridgehead atoms. The van der Waals surface area contributed by atoms with E-state index in [2.05, 4.69) is 10.3 Å². The largest absolute Gasteiger partial charge is 0.449 e. The molecule has 3 aromatic rings. The molecule has 0 aliphatic carbocycles. The molecule has 0 saturated heterocycles. The van der Waals surface area contributed by atoms with Crippen LogP contribution in [0.1, 0.15) is 28.5 Å². The molecular formula is C21H20FN3O4. The van der Waals surface area contributed by atoms with E-state index in [4.69, 9.17) is 4.74 Å². The molecule has 0 aliphatic rings. The zero-order chi connectivity index (χ0) is 21.1. The summed E-state index contributed by atoms with van der Waals surface area (Å²) in [5.74, 6) is -1.70. The molecule has 7 nitrogen and oxygen atoms in total. The Morgan fingerprint density at radius 2 is 1.83 bits per heavy atom. The number of esters is 1. The number of aromatic amines is 1. The summed E-state index contributed by atoms with van der Waals surface area (Å²) in [7, 11) is 0. The van der Waals surface area contributed by atoms with Crippen LogP contribution in [0.25, 0.3) is 5.69 Å². The highest BCUT2D eigenvalue weighted by Gasteiger charge is 2.19. The van der Waals surface area contributed by atoms with Gasteiger partial charge in [-0.15, -0.1) is 0 Å². The average Bonchev–Trinajstić information content (AvgIpc) is 3.03. The number of rotatable bonds is 5. The molecule has 1 amide bonds. The summed E-state index contributed by atoms with van der Waals surface area (Å²) < 4.78 is 20.2. The van der Waals surface area contributed by atoms with Crippen molar-refractivity contribution in [2.45, 2.75) is 26.9 Å². The number of halogens is 1. The normalized spacial score (nSPS) is 11.7. The van der Waals surface area contributed by atoms with Crippen molar-refractivity contribution in [1.82, 2.24) is 9.55 Å². The van der Waals surface area contributed by atoms with Gasteiger partial charge < -0.3 is 15.0 Å². The molecule has 0 fully saturated rings. The van der Waals surface area contributed by atoms with Gasteiger partial charge >= 0.3 is 11.7 Å². The van der Waals surface area contributed by atoms with Crippen molar-refractivity contribution >= 4 is 17.6 Å². The fraction of sp³-hybridized carbons (Fsp3) is 0.190. The number of hydrogen-bond acceptors (Lipinski definition) is 4. The fourth-order valence-corrected chi connectivity index (χ4v) is 2.72. The van der Waals surface area contributed by atoms with Gasteiger partial charge in [0.25, 0.3) is 5.91 Å². The maximum atomic E-state index is 13.6. The number of hydrogen-bond donors (Lipinski definition) is 2. The van der Waals surface area contributed by atoms with Gasteiger partial charge in [0.05, 0.1) is 11.3 Å². The number of H-pyrrole nitrogens is 1. The van der Waals surface area contributed by atoms with E-state index >= 15 is 0 Å². The Hall–Kier alpha value is -3.68. The Bertz CT molecular complexity index is 1120. The van der Waals surface area contributed by atoms with Crippen LogP contribution in [0.5, 0.6) is 0 Å². The average molecular weight is 397 g/mol. The minimum atomic E-state index is -1.08. The van der Waals surface area contributed by atoms with Crippen molar-refractivity contribution in [2.24, 2.45) is 0 Å². The van der Waals surface area contributed by atoms with Gasteiger partial charge in [-0.25, -0.2) is 14.0 Å². The third-order valence-electron chi connectivity index (χ3n) is 4.41. The standard InChI is InChI=1S/C21H20FN3O4/c1-12-4-7-16(10-18(12)22)24-19(26)14(3)29-20(27)15-5-8-17(9-6-15)25-13(2)11-23-21(25)28/h4-11,14H,1-3H3,(H,23,28)(H,24,26). The predicted octanol–water partition coefficient (Wildman–Crippen LogP) is 3.11. The van der Waals surface area contributed by atoms with Gasteiger partial charge in [-0.3, -0.25) is 9.36 Å². The second kappa shape index (κ2) is 8.14. The summed E-state index contributed by atoms with van der Waals surface area (Å²) >= 11 is 0. The van der Waals surface area contributed by atoms with E-state index in [1.54, 1.807) is 44.3 Å². The topological polar surface area (TPSA) is 93.2 Å². The first-order valence-electron chi connectivity index (χ1n) is 8.91.